The molecule has 0 heterocycles. The summed E-state index contributed by atoms with van der Waals surface area (Å²) >= 11 is 0. The number of hydrogen-bond acceptors (Lipinski definition) is 4. The molecule has 0 aliphatic heterocycles. The first-order valence-corrected chi connectivity index (χ1v) is 9.89. The summed E-state index contributed by atoms with van der Waals surface area (Å²) in [4.78, 5) is 0. The van der Waals surface area contributed by atoms with Crippen molar-refractivity contribution < 1.29 is 14.9 Å². The van der Waals surface area contributed by atoms with Gasteiger partial charge in [-0.25, -0.2) is 0 Å². The van der Waals surface area contributed by atoms with Crippen molar-refractivity contribution in [2.45, 2.75) is 57.3 Å². The maximum Gasteiger partial charge on any atom is 0.0497 e. The van der Waals surface area contributed by atoms with Crippen molar-refractivity contribution in [1.82, 2.24) is 0 Å². The van der Waals surface area contributed by atoms with Gasteiger partial charge >= 0.3 is 0 Å². The zero-order valence-corrected chi connectivity index (χ0v) is 15.5. The molecule has 0 spiro atoms. The SMILES string of the molecule is NC[C@H](CCCCO)c1ccc2c(c1)CC[C@@H](COCCCCO)C2. The molecule has 0 aromatic heterocycles. The molecule has 1 aromatic rings. The summed E-state index contributed by atoms with van der Waals surface area (Å²) in [6.07, 6.45) is 8.15. The van der Waals surface area contributed by atoms with Gasteiger partial charge in [0.15, 0.2) is 0 Å². The van der Waals surface area contributed by atoms with Crippen LogP contribution in [0.5, 0.6) is 0 Å². The minimum absolute atomic E-state index is 0.256. The van der Waals surface area contributed by atoms with E-state index >= 15 is 0 Å². The van der Waals surface area contributed by atoms with Crippen LogP contribution in [0.4, 0.5) is 0 Å². The predicted octanol–water partition coefficient (Wildman–Crippen LogP) is 2.79. The molecular weight excluding hydrogens is 314 g/mol. The largest absolute Gasteiger partial charge is 0.396 e. The summed E-state index contributed by atoms with van der Waals surface area (Å²) in [6, 6.07) is 6.90. The van der Waals surface area contributed by atoms with E-state index in [-0.39, 0.29) is 13.2 Å². The average Bonchev–Trinajstić information content (AvgIpc) is 2.65. The quantitative estimate of drug-likeness (QED) is 0.507. The molecule has 0 fully saturated rings. The molecule has 0 saturated heterocycles. The van der Waals surface area contributed by atoms with Crippen molar-refractivity contribution in [3.63, 3.8) is 0 Å². The van der Waals surface area contributed by atoms with Crippen molar-refractivity contribution in [3.05, 3.63) is 34.9 Å². The van der Waals surface area contributed by atoms with Crippen LogP contribution in [0.2, 0.25) is 0 Å². The van der Waals surface area contributed by atoms with Gasteiger partial charge in [-0.05, 0) is 80.0 Å². The Balaban J connectivity index is 1.85. The summed E-state index contributed by atoms with van der Waals surface area (Å²) in [7, 11) is 0. The van der Waals surface area contributed by atoms with Gasteiger partial charge in [0.05, 0.1) is 0 Å². The third-order valence-electron chi connectivity index (χ3n) is 5.33. The Morgan fingerprint density at radius 1 is 1.08 bits per heavy atom. The molecule has 0 saturated carbocycles. The van der Waals surface area contributed by atoms with Crippen molar-refractivity contribution in [1.29, 1.82) is 0 Å². The van der Waals surface area contributed by atoms with Gasteiger partial charge in [-0.1, -0.05) is 24.6 Å². The molecule has 142 valence electrons. The van der Waals surface area contributed by atoms with Gasteiger partial charge in [0.1, 0.15) is 0 Å². The van der Waals surface area contributed by atoms with Crippen molar-refractivity contribution in [3.8, 4) is 0 Å². The van der Waals surface area contributed by atoms with E-state index in [0.717, 1.165) is 58.2 Å². The van der Waals surface area contributed by atoms with Crippen molar-refractivity contribution in [2.75, 3.05) is 33.0 Å². The highest BCUT2D eigenvalue weighted by atomic mass is 16.5. The minimum atomic E-state index is 0.256. The van der Waals surface area contributed by atoms with E-state index < -0.39 is 0 Å². The number of ether oxygens (including phenoxy) is 1. The number of benzene rings is 1. The normalized spacial score (nSPS) is 18.1. The lowest BCUT2D eigenvalue weighted by Gasteiger charge is -2.26. The molecule has 25 heavy (non-hydrogen) atoms. The summed E-state index contributed by atoms with van der Waals surface area (Å²) in [5.41, 5.74) is 10.3. The summed E-state index contributed by atoms with van der Waals surface area (Å²) in [6.45, 7) is 2.79. The Morgan fingerprint density at radius 3 is 2.64 bits per heavy atom. The summed E-state index contributed by atoms with van der Waals surface area (Å²) in [5, 5.41) is 17.7. The maximum absolute atomic E-state index is 8.96. The highest BCUT2D eigenvalue weighted by molar-refractivity contribution is 5.36. The first-order chi connectivity index (χ1) is 12.3. The van der Waals surface area contributed by atoms with Crippen LogP contribution in [-0.2, 0) is 17.6 Å². The fraction of sp³-hybridized carbons (Fsp3) is 0.714. The summed E-state index contributed by atoms with van der Waals surface area (Å²) in [5.74, 6) is 1.02. The highest BCUT2D eigenvalue weighted by Crippen LogP contribution is 2.30. The smallest absolute Gasteiger partial charge is 0.0497 e. The van der Waals surface area contributed by atoms with Gasteiger partial charge in [-0.15, -0.1) is 0 Å². The zero-order valence-electron chi connectivity index (χ0n) is 15.5. The molecule has 0 bridgehead atoms. The molecule has 4 N–H and O–H groups in total. The van der Waals surface area contributed by atoms with Crippen LogP contribution < -0.4 is 5.73 Å². The zero-order chi connectivity index (χ0) is 17.9. The second-order valence-corrected chi connectivity index (χ2v) is 7.29. The Bertz CT molecular complexity index is 492. The number of rotatable bonds is 12. The standard InChI is InChI=1S/C21H35NO3/c22-15-21(5-1-2-10-23)20-9-8-18-13-17(6-7-19(18)14-20)16-25-12-4-3-11-24/h8-9,14,17,21,23-24H,1-7,10-13,15-16,22H2/t17-,21+/m1/s1. The minimum Gasteiger partial charge on any atom is -0.396 e. The third kappa shape index (κ3) is 6.70. The molecule has 0 amide bonds. The molecule has 1 aromatic carbocycles. The molecule has 0 radical (unpaired) electrons. The number of aliphatic hydroxyl groups excluding tert-OH is 2. The van der Waals surface area contributed by atoms with E-state index in [1.54, 1.807) is 0 Å². The Kier molecular flexibility index (Phi) is 9.48. The third-order valence-corrected chi connectivity index (χ3v) is 5.33. The van der Waals surface area contributed by atoms with E-state index in [9.17, 15) is 0 Å². The fourth-order valence-corrected chi connectivity index (χ4v) is 3.74. The predicted molar refractivity (Wildman–Crippen MR) is 102 cm³/mol. The highest BCUT2D eigenvalue weighted by Gasteiger charge is 2.20. The van der Waals surface area contributed by atoms with Crippen LogP contribution in [0.1, 0.15) is 61.1 Å². The molecule has 2 atom stereocenters. The van der Waals surface area contributed by atoms with Gasteiger partial charge in [-0.3, -0.25) is 0 Å². The average molecular weight is 350 g/mol. The van der Waals surface area contributed by atoms with Gasteiger partial charge in [0.25, 0.3) is 0 Å². The molecular formula is C21H35NO3. The van der Waals surface area contributed by atoms with Gasteiger partial charge < -0.3 is 20.7 Å². The number of aliphatic hydroxyl groups is 2. The van der Waals surface area contributed by atoms with Crippen LogP contribution >= 0.6 is 0 Å². The maximum atomic E-state index is 8.96. The first kappa shape index (κ1) is 20.4. The van der Waals surface area contributed by atoms with Gasteiger partial charge in [0, 0.05) is 26.4 Å². The van der Waals surface area contributed by atoms with E-state index in [2.05, 4.69) is 18.2 Å². The fourth-order valence-electron chi connectivity index (χ4n) is 3.74. The second kappa shape index (κ2) is 11.6. The molecule has 1 aliphatic carbocycles. The van der Waals surface area contributed by atoms with Crippen LogP contribution in [0, 0.1) is 5.92 Å². The molecule has 4 nitrogen and oxygen atoms in total. The lowest BCUT2D eigenvalue weighted by atomic mass is 9.81. The van der Waals surface area contributed by atoms with Gasteiger partial charge in [-0.2, -0.15) is 0 Å². The molecule has 1 aliphatic rings. The van der Waals surface area contributed by atoms with Crippen LogP contribution in [-0.4, -0.2) is 43.2 Å². The van der Waals surface area contributed by atoms with Crippen molar-refractivity contribution >= 4 is 0 Å². The van der Waals surface area contributed by atoms with E-state index in [1.807, 2.05) is 0 Å². The lowest BCUT2D eigenvalue weighted by Crippen LogP contribution is -2.20. The van der Waals surface area contributed by atoms with E-state index in [4.69, 9.17) is 20.7 Å². The van der Waals surface area contributed by atoms with Crippen molar-refractivity contribution in [2.24, 2.45) is 11.7 Å². The van der Waals surface area contributed by atoms with Crippen LogP contribution in [0.15, 0.2) is 18.2 Å². The Morgan fingerprint density at radius 2 is 1.88 bits per heavy atom. The Hall–Kier alpha value is -0.940. The molecule has 4 heteroatoms. The topological polar surface area (TPSA) is 75.7 Å². The Labute approximate surface area is 152 Å². The lowest BCUT2D eigenvalue weighted by molar-refractivity contribution is 0.0884. The summed E-state index contributed by atoms with van der Waals surface area (Å²) < 4.78 is 5.78. The monoisotopic (exact) mass is 349 g/mol. The van der Waals surface area contributed by atoms with Gasteiger partial charge in [0.2, 0.25) is 0 Å². The number of fused-ring (bicyclic) bond motifs is 1. The number of aryl methyl sites for hydroxylation is 1. The van der Waals surface area contributed by atoms with E-state index in [0.29, 0.717) is 18.4 Å². The van der Waals surface area contributed by atoms with Crippen LogP contribution in [0.3, 0.4) is 0 Å². The number of unbranched alkanes of at least 4 members (excludes halogenated alkanes) is 2. The molecule has 0 unspecified atom stereocenters. The second-order valence-electron chi connectivity index (χ2n) is 7.29. The van der Waals surface area contributed by atoms with E-state index in [1.165, 1.54) is 23.1 Å². The number of hydrogen-bond donors (Lipinski definition) is 3. The number of nitrogens with two attached hydrogens (primary N) is 1. The molecule has 2 rings (SSSR count). The first-order valence-electron chi connectivity index (χ1n) is 9.89. The van der Waals surface area contributed by atoms with Crippen LogP contribution in [0.25, 0.3) is 0 Å².